The largest absolute Gasteiger partial charge is 0.334 e. The average Bonchev–Trinajstić information content (AvgIpc) is 2.05. The van der Waals surface area contributed by atoms with Crippen LogP contribution < -0.4 is 0 Å². The molecule has 1 rings (SSSR count). The number of aromatic nitrogens is 1. The predicted octanol–water partition coefficient (Wildman–Crippen LogP) is 1.52. The Hall–Kier alpha value is -1.71. The minimum atomic E-state index is -0.236. The molecule has 0 aliphatic rings. The molecule has 0 radical (unpaired) electrons. The number of pyridine rings is 1. The van der Waals surface area contributed by atoms with E-state index in [9.17, 15) is 4.91 Å². The fraction of sp³-hybridized carbons (Fsp3) is 0. The third-order valence-corrected chi connectivity index (χ3v) is 1.20. The Morgan fingerprint density at radius 2 is 2.36 bits per heavy atom. The summed E-state index contributed by atoms with van der Waals surface area (Å²) in [7, 11) is 0. The van der Waals surface area contributed by atoms with E-state index in [-0.39, 0.29) is 10.6 Å². The average molecular weight is 151 g/mol. The van der Waals surface area contributed by atoms with Gasteiger partial charge in [-0.05, 0) is 12.1 Å². The van der Waals surface area contributed by atoms with Crippen molar-refractivity contribution >= 4 is 11.8 Å². The van der Waals surface area contributed by atoms with E-state index in [0.717, 1.165) is 0 Å². The number of nitrogens with zero attached hydrogens (tertiary/aromatic N) is 2. The zero-order valence-electron chi connectivity index (χ0n) is 5.77. The molecule has 0 saturated heterocycles. The van der Waals surface area contributed by atoms with Gasteiger partial charge in [0.2, 0.25) is 0 Å². The molecule has 0 fully saturated rings. The quantitative estimate of drug-likeness (QED) is 0.652. The van der Waals surface area contributed by atoms with E-state index in [4.69, 9.17) is 5.21 Å². The zero-order valence-corrected chi connectivity index (χ0v) is 5.77. The van der Waals surface area contributed by atoms with Gasteiger partial charge in [-0.3, -0.25) is 0 Å². The van der Waals surface area contributed by atoms with E-state index in [2.05, 4.69) is 11.6 Å². The smallest absolute Gasteiger partial charge is 0.250 e. The molecule has 56 valence electrons. The fourth-order valence-electron chi connectivity index (χ4n) is 0.631. The summed E-state index contributed by atoms with van der Waals surface area (Å²) in [6.45, 7) is 3.49. The van der Waals surface area contributed by atoms with Crippen LogP contribution in [0.1, 0.15) is 5.69 Å². The second-order valence-corrected chi connectivity index (χ2v) is 1.92. The minimum absolute atomic E-state index is 0.107. The normalized spacial score (nSPS) is 9.09. The van der Waals surface area contributed by atoms with Crippen molar-refractivity contribution in [3.8, 4) is 0 Å². The highest BCUT2D eigenvalue weighted by Crippen LogP contribution is 2.07. The monoisotopic (exact) mass is 151 g/mol. The van der Waals surface area contributed by atoms with Crippen molar-refractivity contribution in [2.75, 3.05) is 0 Å². The van der Waals surface area contributed by atoms with Crippen LogP contribution in [-0.2, 0) is 0 Å². The van der Waals surface area contributed by atoms with Gasteiger partial charge >= 0.3 is 5.69 Å². The summed E-state index contributed by atoms with van der Waals surface area (Å²) in [6, 6.07) is 3.04. The molecule has 0 aliphatic carbocycles. The molecule has 0 aliphatic heterocycles. The molecule has 0 spiro atoms. The van der Waals surface area contributed by atoms with Gasteiger partial charge in [0.1, 0.15) is 6.20 Å². The molecule has 0 aromatic carbocycles. The van der Waals surface area contributed by atoms with Crippen molar-refractivity contribution in [3.63, 3.8) is 0 Å². The van der Waals surface area contributed by atoms with Crippen molar-refractivity contribution in [3.05, 3.63) is 35.5 Å². The first-order valence-corrected chi connectivity index (χ1v) is 2.98. The maximum Gasteiger partial charge on any atom is 0.334 e. The lowest BCUT2D eigenvalue weighted by atomic mass is 10.3. The molecular formula is C7H7N2O2+. The second-order valence-electron chi connectivity index (χ2n) is 1.92. The summed E-state index contributed by atoms with van der Waals surface area (Å²) in [4.78, 5) is 13.8. The second kappa shape index (κ2) is 2.92. The first-order valence-electron chi connectivity index (χ1n) is 2.98. The molecule has 0 bridgehead atoms. The van der Waals surface area contributed by atoms with Gasteiger partial charge in [-0.25, -0.2) is 10.2 Å². The molecule has 1 aromatic heterocycles. The van der Waals surface area contributed by atoms with E-state index in [1.807, 2.05) is 0 Å². The molecule has 1 heterocycles. The molecule has 0 unspecified atom stereocenters. The van der Waals surface area contributed by atoms with E-state index < -0.39 is 0 Å². The molecule has 1 aromatic rings. The van der Waals surface area contributed by atoms with Crippen LogP contribution in [0, 0.1) is 4.91 Å². The van der Waals surface area contributed by atoms with Crippen molar-refractivity contribution < 1.29 is 10.1 Å². The Kier molecular flexibility index (Phi) is 1.96. The Bertz CT molecular complexity index is 279. The van der Waals surface area contributed by atoms with Gasteiger partial charge in [-0.1, -0.05) is 6.58 Å². The van der Waals surface area contributed by atoms with Gasteiger partial charge < -0.3 is 0 Å². The summed E-state index contributed by atoms with van der Waals surface area (Å²) in [6.07, 6.45) is 2.82. The Morgan fingerprint density at radius 1 is 1.64 bits per heavy atom. The zero-order chi connectivity index (χ0) is 8.27. The van der Waals surface area contributed by atoms with E-state index in [0.29, 0.717) is 5.69 Å². The van der Waals surface area contributed by atoms with Crippen LogP contribution in [0.3, 0.4) is 0 Å². The first-order chi connectivity index (χ1) is 5.24. The van der Waals surface area contributed by atoms with Crippen LogP contribution in [-0.4, -0.2) is 15.1 Å². The number of hydrogen-bond acceptors (Lipinski definition) is 2. The van der Waals surface area contributed by atoms with Crippen LogP contribution in [0.5, 0.6) is 0 Å². The highest BCUT2D eigenvalue weighted by Gasteiger charge is 2.09. The fourth-order valence-corrected chi connectivity index (χ4v) is 0.631. The summed E-state index contributed by atoms with van der Waals surface area (Å²) in [5.74, 6) is 0. The lowest BCUT2D eigenvalue weighted by Gasteiger charge is -1.87. The summed E-state index contributed by atoms with van der Waals surface area (Å²) >= 11 is 0. The van der Waals surface area contributed by atoms with Crippen molar-refractivity contribution in [1.82, 2.24) is 4.98 Å². The van der Waals surface area contributed by atoms with Crippen LogP contribution in [0.15, 0.2) is 24.9 Å². The topological polar surface area (TPSA) is 53.2 Å². The van der Waals surface area contributed by atoms with Crippen LogP contribution in [0.4, 0.5) is 5.69 Å². The Balaban J connectivity index is 3.00. The van der Waals surface area contributed by atoms with E-state index in [1.54, 1.807) is 12.1 Å². The molecule has 1 N–H and O–H groups in total. The SMILES string of the molecule is C=Cc1ccc([N+](=O)O)cn1. The van der Waals surface area contributed by atoms with E-state index >= 15 is 0 Å². The van der Waals surface area contributed by atoms with Crippen molar-refractivity contribution in [1.29, 1.82) is 0 Å². The standard InChI is InChI=1S/C7H7N2O2/c1-2-6-3-4-7(5-8-6)9(10)11/h2-5H,1H2,(H,10,11)/q+1. The summed E-state index contributed by atoms with van der Waals surface area (Å²) < 4.78 is 0. The third kappa shape index (κ3) is 1.61. The molecule has 0 amide bonds. The van der Waals surface area contributed by atoms with Gasteiger partial charge in [0.25, 0.3) is 4.92 Å². The molecule has 4 nitrogen and oxygen atoms in total. The lowest BCUT2D eigenvalue weighted by Crippen LogP contribution is -1.92. The molecule has 0 saturated carbocycles. The van der Waals surface area contributed by atoms with Crippen LogP contribution in [0.2, 0.25) is 0 Å². The molecule has 4 heteroatoms. The Morgan fingerprint density at radius 3 is 2.73 bits per heavy atom. The van der Waals surface area contributed by atoms with E-state index in [1.165, 1.54) is 12.3 Å². The Labute approximate surface area is 63.3 Å². The molecular weight excluding hydrogens is 144 g/mol. The molecule has 0 atom stereocenters. The van der Waals surface area contributed by atoms with Crippen molar-refractivity contribution in [2.24, 2.45) is 0 Å². The van der Waals surface area contributed by atoms with Crippen LogP contribution in [0.25, 0.3) is 6.08 Å². The maximum atomic E-state index is 10.3. The lowest BCUT2D eigenvalue weighted by molar-refractivity contribution is -0.729. The van der Waals surface area contributed by atoms with Gasteiger partial charge in [0.05, 0.1) is 10.6 Å². The minimum Gasteiger partial charge on any atom is -0.250 e. The van der Waals surface area contributed by atoms with Crippen LogP contribution >= 0.6 is 0 Å². The first kappa shape index (κ1) is 7.40. The molecule has 11 heavy (non-hydrogen) atoms. The maximum absolute atomic E-state index is 10.3. The van der Waals surface area contributed by atoms with Gasteiger partial charge in [0.15, 0.2) is 0 Å². The highest BCUT2D eigenvalue weighted by atomic mass is 16.6. The summed E-state index contributed by atoms with van der Waals surface area (Å²) in [5, 5.41) is 8.40. The third-order valence-electron chi connectivity index (χ3n) is 1.20. The van der Waals surface area contributed by atoms with Crippen molar-refractivity contribution in [2.45, 2.75) is 0 Å². The van der Waals surface area contributed by atoms with Gasteiger partial charge in [-0.2, -0.15) is 0 Å². The number of rotatable bonds is 2. The summed E-state index contributed by atoms with van der Waals surface area (Å²) in [5.41, 5.74) is 0.770. The predicted molar refractivity (Wildman–Crippen MR) is 39.4 cm³/mol. The van der Waals surface area contributed by atoms with Gasteiger partial charge in [0, 0.05) is 6.07 Å². The highest BCUT2D eigenvalue weighted by molar-refractivity contribution is 5.43. The number of hydrogen-bond donors (Lipinski definition) is 1. The van der Waals surface area contributed by atoms with Gasteiger partial charge in [-0.15, -0.1) is 0 Å².